The molecule has 0 spiro atoms. The number of anilines is 2. The molecule has 18 heavy (non-hydrogen) atoms. The molecule has 6 heteroatoms. The molecule has 5 nitrogen and oxygen atoms in total. The van der Waals surface area contributed by atoms with E-state index in [4.69, 9.17) is 17.3 Å². The van der Waals surface area contributed by atoms with Crippen LogP contribution in [0.3, 0.4) is 0 Å². The Morgan fingerprint density at radius 1 is 1.39 bits per heavy atom. The minimum Gasteiger partial charge on any atom is -0.398 e. The predicted molar refractivity (Wildman–Crippen MR) is 70.6 cm³/mol. The number of carbonyl (C=O) groups is 1. The van der Waals surface area contributed by atoms with E-state index in [-0.39, 0.29) is 11.2 Å². The van der Waals surface area contributed by atoms with Crippen LogP contribution in [-0.4, -0.2) is 15.9 Å². The number of aryl methyl sites for hydroxylation is 1. The maximum atomic E-state index is 11.9. The molecule has 0 fully saturated rings. The van der Waals surface area contributed by atoms with Crippen molar-refractivity contribution in [2.75, 3.05) is 11.1 Å². The van der Waals surface area contributed by atoms with Crippen molar-refractivity contribution in [3.05, 3.63) is 46.9 Å². The van der Waals surface area contributed by atoms with Crippen LogP contribution in [0.5, 0.6) is 0 Å². The van der Waals surface area contributed by atoms with Crippen LogP contribution in [0.4, 0.5) is 11.5 Å². The lowest BCUT2D eigenvalue weighted by Gasteiger charge is -2.06. The highest BCUT2D eigenvalue weighted by Crippen LogP contribution is 2.14. The van der Waals surface area contributed by atoms with Crippen molar-refractivity contribution in [3.8, 4) is 0 Å². The van der Waals surface area contributed by atoms with Gasteiger partial charge < -0.3 is 11.1 Å². The molecule has 92 valence electrons. The molecule has 0 aliphatic heterocycles. The van der Waals surface area contributed by atoms with Gasteiger partial charge in [0.25, 0.3) is 5.91 Å². The van der Waals surface area contributed by atoms with Crippen LogP contribution in [0, 0.1) is 6.92 Å². The maximum Gasteiger partial charge on any atom is 0.256 e. The topological polar surface area (TPSA) is 80.9 Å². The van der Waals surface area contributed by atoms with Gasteiger partial charge in [-0.2, -0.15) is 0 Å². The Labute approximate surface area is 109 Å². The Kier molecular flexibility index (Phi) is 3.43. The van der Waals surface area contributed by atoms with E-state index in [1.807, 2.05) is 6.92 Å². The van der Waals surface area contributed by atoms with Gasteiger partial charge in [-0.05, 0) is 42.3 Å². The fourth-order valence-electron chi connectivity index (χ4n) is 1.37. The molecule has 3 N–H and O–H groups in total. The van der Waals surface area contributed by atoms with E-state index >= 15 is 0 Å². The quantitative estimate of drug-likeness (QED) is 0.643. The van der Waals surface area contributed by atoms with Gasteiger partial charge in [0.2, 0.25) is 5.28 Å². The van der Waals surface area contributed by atoms with Crippen LogP contribution in [0.2, 0.25) is 5.28 Å². The number of rotatable bonds is 2. The summed E-state index contributed by atoms with van der Waals surface area (Å²) in [6.45, 7) is 1.88. The summed E-state index contributed by atoms with van der Waals surface area (Å²) < 4.78 is 0. The zero-order valence-corrected chi connectivity index (χ0v) is 10.4. The average Bonchev–Trinajstić information content (AvgIpc) is 2.32. The van der Waals surface area contributed by atoms with Crippen molar-refractivity contribution in [2.45, 2.75) is 6.92 Å². The van der Waals surface area contributed by atoms with Gasteiger partial charge in [0.1, 0.15) is 5.82 Å². The van der Waals surface area contributed by atoms with Gasteiger partial charge in [-0.3, -0.25) is 4.79 Å². The van der Waals surface area contributed by atoms with Gasteiger partial charge in [-0.25, -0.2) is 9.97 Å². The molecule has 0 saturated heterocycles. The van der Waals surface area contributed by atoms with Gasteiger partial charge in [0, 0.05) is 17.4 Å². The zero-order chi connectivity index (χ0) is 13.1. The number of hydrogen-bond acceptors (Lipinski definition) is 4. The molecular weight excluding hydrogens is 252 g/mol. The van der Waals surface area contributed by atoms with E-state index in [0.29, 0.717) is 17.1 Å². The highest BCUT2D eigenvalue weighted by Gasteiger charge is 2.08. The van der Waals surface area contributed by atoms with Gasteiger partial charge in [-0.1, -0.05) is 6.07 Å². The van der Waals surface area contributed by atoms with Gasteiger partial charge in [0.15, 0.2) is 0 Å². The van der Waals surface area contributed by atoms with E-state index in [1.165, 1.54) is 6.20 Å². The lowest BCUT2D eigenvalue weighted by Crippen LogP contribution is -2.13. The number of nitrogen functional groups attached to an aromatic ring is 1. The molecular formula is C12H11ClN4O. The summed E-state index contributed by atoms with van der Waals surface area (Å²) in [7, 11) is 0. The van der Waals surface area contributed by atoms with E-state index in [1.54, 1.807) is 24.3 Å². The first-order valence-electron chi connectivity index (χ1n) is 5.22. The summed E-state index contributed by atoms with van der Waals surface area (Å²) in [6, 6.07) is 6.66. The molecule has 1 aromatic heterocycles. The van der Waals surface area contributed by atoms with Crippen LogP contribution >= 0.6 is 11.6 Å². The number of aromatic nitrogens is 2. The van der Waals surface area contributed by atoms with Crippen molar-refractivity contribution in [3.63, 3.8) is 0 Å². The average molecular weight is 263 g/mol. The standard InChI is InChI=1S/C12H11ClN4O/c1-7-2-3-8(6-9(7)14)11(18)16-10-4-5-15-12(13)17-10/h2-6H,14H2,1H3,(H,15,16,17,18). The summed E-state index contributed by atoms with van der Waals surface area (Å²) >= 11 is 5.63. The number of hydrogen-bond donors (Lipinski definition) is 2. The highest BCUT2D eigenvalue weighted by molar-refractivity contribution is 6.28. The number of carbonyl (C=O) groups excluding carboxylic acids is 1. The second-order valence-electron chi connectivity index (χ2n) is 3.74. The Bertz CT molecular complexity index is 600. The van der Waals surface area contributed by atoms with Crippen LogP contribution in [0.15, 0.2) is 30.5 Å². The molecule has 1 heterocycles. The van der Waals surface area contributed by atoms with E-state index in [2.05, 4.69) is 15.3 Å². The second-order valence-corrected chi connectivity index (χ2v) is 4.07. The first kappa shape index (κ1) is 12.3. The number of benzene rings is 1. The summed E-state index contributed by atoms with van der Waals surface area (Å²) in [5, 5.41) is 2.70. The van der Waals surface area contributed by atoms with Crippen molar-refractivity contribution < 1.29 is 4.79 Å². The Hall–Kier alpha value is -2.14. The van der Waals surface area contributed by atoms with E-state index in [9.17, 15) is 4.79 Å². The number of halogens is 1. The smallest absolute Gasteiger partial charge is 0.256 e. The van der Waals surface area contributed by atoms with Gasteiger partial charge in [-0.15, -0.1) is 0 Å². The highest BCUT2D eigenvalue weighted by atomic mass is 35.5. The van der Waals surface area contributed by atoms with E-state index in [0.717, 1.165) is 5.56 Å². The largest absolute Gasteiger partial charge is 0.398 e. The second kappa shape index (κ2) is 5.01. The first-order valence-corrected chi connectivity index (χ1v) is 5.60. The van der Waals surface area contributed by atoms with E-state index < -0.39 is 0 Å². The van der Waals surface area contributed by atoms with Crippen LogP contribution in [0.25, 0.3) is 0 Å². The third kappa shape index (κ3) is 2.75. The van der Waals surface area contributed by atoms with Crippen molar-refractivity contribution >= 4 is 29.0 Å². The molecule has 1 amide bonds. The van der Waals surface area contributed by atoms with Gasteiger partial charge in [0.05, 0.1) is 0 Å². The summed E-state index contributed by atoms with van der Waals surface area (Å²) in [5.41, 5.74) is 7.71. The van der Waals surface area contributed by atoms with Crippen LogP contribution < -0.4 is 11.1 Å². The van der Waals surface area contributed by atoms with Crippen LogP contribution in [-0.2, 0) is 0 Å². The first-order chi connectivity index (χ1) is 8.56. The molecule has 0 radical (unpaired) electrons. The van der Waals surface area contributed by atoms with Crippen LogP contribution in [0.1, 0.15) is 15.9 Å². The number of nitrogens with zero attached hydrogens (tertiary/aromatic N) is 2. The normalized spacial score (nSPS) is 10.1. The third-order valence-electron chi connectivity index (χ3n) is 2.41. The molecule has 0 bridgehead atoms. The molecule has 0 aliphatic rings. The molecule has 0 saturated carbocycles. The SMILES string of the molecule is Cc1ccc(C(=O)Nc2ccnc(Cl)n2)cc1N. The Balaban J connectivity index is 2.19. The maximum absolute atomic E-state index is 11.9. The molecule has 2 aromatic rings. The third-order valence-corrected chi connectivity index (χ3v) is 2.59. The minimum absolute atomic E-state index is 0.0798. The number of nitrogens with one attached hydrogen (secondary N) is 1. The number of nitrogens with two attached hydrogens (primary N) is 1. The van der Waals surface area contributed by atoms with Crippen molar-refractivity contribution in [2.24, 2.45) is 0 Å². The van der Waals surface area contributed by atoms with Crippen molar-refractivity contribution in [1.82, 2.24) is 9.97 Å². The molecule has 1 aromatic carbocycles. The summed E-state index contributed by atoms with van der Waals surface area (Å²) in [5.74, 6) is 0.0515. The molecule has 2 rings (SSSR count). The summed E-state index contributed by atoms with van der Waals surface area (Å²) in [6.07, 6.45) is 1.47. The summed E-state index contributed by atoms with van der Waals surface area (Å²) in [4.78, 5) is 19.5. The monoisotopic (exact) mass is 262 g/mol. The van der Waals surface area contributed by atoms with Crippen molar-refractivity contribution in [1.29, 1.82) is 0 Å². The zero-order valence-electron chi connectivity index (χ0n) is 9.64. The molecule has 0 atom stereocenters. The molecule has 0 unspecified atom stereocenters. The Morgan fingerprint density at radius 2 is 2.17 bits per heavy atom. The lowest BCUT2D eigenvalue weighted by atomic mass is 10.1. The molecule has 0 aliphatic carbocycles. The minimum atomic E-state index is -0.295. The fraction of sp³-hybridized carbons (Fsp3) is 0.0833. The lowest BCUT2D eigenvalue weighted by molar-refractivity contribution is 0.102. The Morgan fingerprint density at radius 3 is 2.83 bits per heavy atom. The van der Waals surface area contributed by atoms with Gasteiger partial charge >= 0.3 is 0 Å². The fourth-order valence-corrected chi connectivity index (χ4v) is 1.52. The predicted octanol–water partition coefficient (Wildman–Crippen LogP) is 2.27. The number of amides is 1.